The highest BCUT2D eigenvalue weighted by Gasteiger charge is 2.33. The largest absolute Gasteiger partial charge is 0.466 e. The third-order valence-electron chi connectivity index (χ3n) is 4.30. The zero-order valence-corrected chi connectivity index (χ0v) is 15.9. The number of halogens is 1. The number of nitro groups is 1. The van der Waals surface area contributed by atoms with E-state index < -0.39 is 4.92 Å². The monoisotopic (exact) mass is 406 g/mol. The molecular formula is C17H19ClN6O4. The maximum absolute atomic E-state index is 12.1. The molecule has 10 nitrogen and oxygen atoms in total. The van der Waals surface area contributed by atoms with Gasteiger partial charge in [0.05, 0.1) is 22.5 Å². The van der Waals surface area contributed by atoms with Crippen LogP contribution in [-0.4, -0.2) is 45.5 Å². The average molecular weight is 407 g/mol. The molecule has 0 aliphatic carbocycles. The summed E-state index contributed by atoms with van der Waals surface area (Å²) in [5.74, 6) is -0.112. The number of esters is 1. The van der Waals surface area contributed by atoms with E-state index in [-0.39, 0.29) is 29.2 Å². The lowest BCUT2D eigenvalue weighted by molar-refractivity contribution is -0.383. The molecule has 1 N–H and O–H groups in total. The Morgan fingerprint density at radius 1 is 1.43 bits per heavy atom. The summed E-state index contributed by atoms with van der Waals surface area (Å²) in [7, 11) is 0. The van der Waals surface area contributed by atoms with E-state index in [4.69, 9.17) is 16.3 Å². The second-order valence-electron chi connectivity index (χ2n) is 6.18. The Morgan fingerprint density at radius 2 is 2.25 bits per heavy atom. The third-order valence-corrected chi connectivity index (χ3v) is 4.52. The molecular weight excluding hydrogens is 388 g/mol. The van der Waals surface area contributed by atoms with Crippen molar-refractivity contribution >= 4 is 40.7 Å². The van der Waals surface area contributed by atoms with Gasteiger partial charge >= 0.3 is 11.7 Å². The number of hydrogen-bond donors (Lipinski definition) is 1. The SMILES string of the molecule is CCOC(=O)C1CCCN(c2ncnc(Nc3ccc(Cl)cn3)c2[N+](=O)[O-])C1. The van der Waals surface area contributed by atoms with Gasteiger partial charge in [-0.05, 0) is 31.9 Å². The number of rotatable bonds is 6. The van der Waals surface area contributed by atoms with Crippen molar-refractivity contribution in [1.29, 1.82) is 0 Å². The van der Waals surface area contributed by atoms with Gasteiger partial charge in [0.15, 0.2) is 0 Å². The summed E-state index contributed by atoms with van der Waals surface area (Å²) >= 11 is 5.82. The van der Waals surface area contributed by atoms with Crippen molar-refractivity contribution in [2.24, 2.45) is 5.92 Å². The van der Waals surface area contributed by atoms with Crippen molar-refractivity contribution < 1.29 is 14.5 Å². The summed E-state index contributed by atoms with van der Waals surface area (Å²) in [5.41, 5.74) is -0.274. The van der Waals surface area contributed by atoms with Crippen molar-refractivity contribution in [3.63, 3.8) is 0 Å². The van der Waals surface area contributed by atoms with E-state index in [9.17, 15) is 14.9 Å². The van der Waals surface area contributed by atoms with Gasteiger partial charge in [-0.3, -0.25) is 14.9 Å². The Balaban J connectivity index is 1.89. The minimum atomic E-state index is -0.540. The molecule has 1 fully saturated rings. The number of piperidine rings is 1. The molecule has 1 unspecified atom stereocenters. The summed E-state index contributed by atoms with van der Waals surface area (Å²) in [5, 5.41) is 15.1. The van der Waals surface area contributed by atoms with E-state index in [2.05, 4.69) is 20.3 Å². The van der Waals surface area contributed by atoms with Crippen LogP contribution >= 0.6 is 11.6 Å². The Kier molecular flexibility index (Phi) is 6.19. The molecule has 1 atom stereocenters. The van der Waals surface area contributed by atoms with E-state index in [0.29, 0.717) is 43.4 Å². The second-order valence-corrected chi connectivity index (χ2v) is 6.61. The zero-order valence-electron chi connectivity index (χ0n) is 15.2. The van der Waals surface area contributed by atoms with Crippen LogP contribution in [0.25, 0.3) is 0 Å². The van der Waals surface area contributed by atoms with Crippen LogP contribution in [-0.2, 0) is 9.53 Å². The lowest BCUT2D eigenvalue weighted by Crippen LogP contribution is -2.40. The summed E-state index contributed by atoms with van der Waals surface area (Å²) < 4.78 is 5.09. The molecule has 0 spiro atoms. The van der Waals surface area contributed by atoms with Gasteiger partial charge in [-0.1, -0.05) is 11.6 Å². The second kappa shape index (κ2) is 8.79. The fraction of sp³-hybridized carbons (Fsp3) is 0.412. The van der Waals surface area contributed by atoms with E-state index in [1.165, 1.54) is 12.5 Å². The number of ether oxygens (including phenoxy) is 1. The number of nitrogens with zero attached hydrogens (tertiary/aromatic N) is 5. The fourth-order valence-electron chi connectivity index (χ4n) is 3.05. The Morgan fingerprint density at radius 3 is 2.93 bits per heavy atom. The van der Waals surface area contributed by atoms with Gasteiger partial charge < -0.3 is 15.0 Å². The fourth-order valence-corrected chi connectivity index (χ4v) is 3.17. The number of pyridine rings is 1. The van der Waals surface area contributed by atoms with Crippen LogP contribution in [0.1, 0.15) is 19.8 Å². The highest BCUT2D eigenvalue weighted by Crippen LogP contribution is 2.35. The summed E-state index contributed by atoms with van der Waals surface area (Å²) in [6, 6.07) is 3.20. The first-order valence-corrected chi connectivity index (χ1v) is 9.17. The van der Waals surface area contributed by atoms with Gasteiger partial charge in [0.25, 0.3) is 0 Å². The number of carbonyl (C=O) groups excluding carboxylic acids is 1. The molecule has 11 heteroatoms. The van der Waals surface area contributed by atoms with Crippen molar-refractivity contribution in [1.82, 2.24) is 15.0 Å². The standard InChI is InChI=1S/C17H19ClN6O4/c1-2-28-17(25)11-4-3-7-23(9-11)16-14(24(26)27)15(20-10-21-16)22-13-6-5-12(18)8-19-13/h5-6,8,10-11H,2-4,7,9H2,1H3,(H,19,20,21,22). The van der Waals surface area contributed by atoms with Gasteiger partial charge in [-0.2, -0.15) is 0 Å². The molecule has 0 bridgehead atoms. The molecule has 2 aromatic rings. The molecule has 0 aromatic carbocycles. The van der Waals surface area contributed by atoms with Crippen LogP contribution in [0.15, 0.2) is 24.7 Å². The van der Waals surface area contributed by atoms with Crippen LogP contribution in [0, 0.1) is 16.0 Å². The topological polar surface area (TPSA) is 123 Å². The van der Waals surface area contributed by atoms with Crippen LogP contribution in [0.3, 0.4) is 0 Å². The van der Waals surface area contributed by atoms with Gasteiger partial charge in [-0.15, -0.1) is 0 Å². The predicted molar refractivity (Wildman–Crippen MR) is 103 cm³/mol. The van der Waals surface area contributed by atoms with Crippen molar-refractivity contribution in [3.8, 4) is 0 Å². The molecule has 0 amide bonds. The molecule has 1 aliphatic rings. The number of anilines is 3. The summed E-state index contributed by atoms with van der Waals surface area (Å²) in [4.78, 5) is 37.2. The molecule has 0 saturated carbocycles. The first-order valence-electron chi connectivity index (χ1n) is 8.79. The molecule has 3 rings (SSSR count). The normalized spacial score (nSPS) is 16.5. The molecule has 1 saturated heterocycles. The van der Waals surface area contributed by atoms with E-state index in [1.807, 2.05) is 0 Å². The van der Waals surface area contributed by atoms with Crippen LogP contribution in [0.4, 0.5) is 23.1 Å². The zero-order chi connectivity index (χ0) is 20.1. The highest BCUT2D eigenvalue weighted by atomic mass is 35.5. The van der Waals surface area contributed by atoms with Gasteiger partial charge in [0.1, 0.15) is 12.1 Å². The molecule has 28 heavy (non-hydrogen) atoms. The first-order chi connectivity index (χ1) is 13.5. The Labute approximate surface area is 166 Å². The number of aromatic nitrogens is 3. The van der Waals surface area contributed by atoms with Crippen LogP contribution < -0.4 is 10.2 Å². The lowest BCUT2D eigenvalue weighted by Gasteiger charge is -2.32. The maximum atomic E-state index is 12.1. The minimum Gasteiger partial charge on any atom is -0.466 e. The van der Waals surface area contributed by atoms with Gasteiger partial charge in [-0.25, -0.2) is 15.0 Å². The Hall–Kier alpha value is -3.01. The quantitative estimate of drug-likeness (QED) is 0.438. The summed E-state index contributed by atoms with van der Waals surface area (Å²) in [6.07, 6.45) is 4.04. The minimum absolute atomic E-state index is 0.0167. The number of nitrogens with one attached hydrogen (secondary N) is 1. The van der Waals surface area contributed by atoms with Crippen LogP contribution in [0.5, 0.6) is 0 Å². The molecule has 148 valence electrons. The van der Waals surface area contributed by atoms with Gasteiger partial charge in [0.2, 0.25) is 11.6 Å². The molecule has 3 heterocycles. The molecule has 0 radical (unpaired) electrons. The Bertz CT molecular complexity index is 863. The predicted octanol–water partition coefficient (Wildman–Crippen LogP) is 2.96. The average Bonchev–Trinajstić information content (AvgIpc) is 2.69. The van der Waals surface area contributed by atoms with Crippen molar-refractivity contribution in [3.05, 3.63) is 39.8 Å². The van der Waals surface area contributed by atoms with E-state index in [1.54, 1.807) is 24.0 Å². The maximum Gasteiger partial charge on any atom is 0.353 e. The highest BCUT2D eigenvalue weighted by molar-refractivity contribution is 6.30. The number of hydrogen-bond acceptors (Lipinski definition) is 9. The van der Waals surface area contributed by atoms with E-state index >= 15 is 0 Å². The van der Waals surface area contributed by atoms with Crippen molar-refractivity contribution in [2.75, 3.05) is 29.9 Å². The first kappa shape index (κ1) is 19.7. The van der Waals surface area contributed by atoms with Crippen molar-refractivity contribution in [2.45, 2.75) is 19.8 Å². The van der Waals surface area contributed by atoms with E-state index in [0.717, 1.165) is 0 Å². The van der Waals surface area contributed by atoms with Crippen LogP contribution in [0.2, 0.25) is 5.02 Å². The molecule has 1 aliphatic heterocycles. The smallest absolute Gasteiger partial charge is 0.353 e. The number of carbonyl (C=O) groups is 1. The molecule has 2 aromatic heterocycles. The van der Waals surface area contributed by atoms with Gasteiger partial charge in [0, 0.05) is 19.3 Å². The lowest BCUT2D eigenvalue weighted by atomic mass is 9.98. The third kappa shape index (κ3) is 4.45. The summed E-state index contributed by atoms with van der Waals surface area (Å²) in [6.45, 7) is 2.89.